The van der Waals surface area contributed by atoms with Crippen molar-refractivity contribution < 1.29 is 4.79 Å². The molecule has 2 aromatic rings. The van der Waals surface area contributed by atoms with Crippen LogP contribution in [0, 0.1) is 5.92 Å². The molecule has 0 N–H and O–H groups in total. The number of aromatic nitrogens is 2. The van der Waals surface area contributed by atoms with Gasteiger partial charge in [-0.1, -0.05) is 18.2 Å². The van der Waals surface area contributed by atoms with Crippen LogP contribution in [0.25, 0.3) is 0 Å². The number of nitrogens with zero attached hydrogens (tertiary/aromatic N) is 5. The van der Waals surface area contributed by atoms with Crippen molar-refractivity contribution in [3.05, 3.63) is 48.8 Å². The van der Waals surface area contributed by atoms with E-state index in [0.717, 1.165) is 57.3 Å². The van der Waals surface area contributed by atoms with Gasteiger partial charge in [-0.15, -0.1) is 0 Å². The normalized spacial score (nSPS) is 21.8. The zero-order valence-electron chi connectivity index (χ0n) is 15.0. The van der Waals surface area contributed by atoms with Gasteiger partial charge in [0.2, 0.25) is 11.9 Å². The van der Waals surface area contributed by atoms with Crippen molar-refractivity contribution >= 4 is 17.5 Å². The Hall–Kier alpha value is -2.47. The number of hydrogen-bond donors (Lipinski definition) is 0. The molecule has 2 aliphatic rings. The third-order valence-corrected chi connectivity index (χ3v) is 5.21. The molecular formula is C20H25N5O. The summed E-state index contributed by atoms with van der Waals surface area (Å²) in [4.78, 5) is 27.8. The molecule has 0 radical (unpaired) electrons. The first-order valence-corrected chi connectivity index (χ1v) is 9.39. The molecule has 136 valence electrons. The molecule has 4 rings (SSSR count). The van der Waals surface area contributed by atoms with Crippen LogP contribution < -0.4 is 9.80 Å². The van der Waals surface area contributed by atoms with Crippen molar-refractivity contribution in [2.24, 2.45) is 5.92 Å². The monoisotopic (exact) mass is 351 g/mol. The summed E-state index contributed by atoms with van der Waals surface area (Å²) in [6.07, 6.45) is 5.35. The lowest BCUT2D eigenvalue weighted by Crippen LogP contribution is -2.35. The minimum atomic E-state index is 0.246. The lowest BCUT2D eigenvalue weighted by atomic mass is 10.1. The summed E-state index contributed by atoms with van der Waals surface area (Å²) in [6.45, 7) is 5.80. The Morgan fingerprint density at radius 3 is 2.58 bits per heavy atom. The Balaban J connectivity index is 1.33. The highest BCUT2D eigenvalue weighted by molar-refractivity contribution is 5.95. The van der Waals surface area contributed by atoms with Crippen molar-refractivity contribution in [1.82, 2.24) is 14.9 Å². The number of para-hydroxylation sites is 1. The largest absolute Gasteiger partial charge is 0.339 e. The van der Waals surface area contributed by atoms with E-state index >= 15 is 0 Å². The average Bonchev–Trinajstić information content (AvgIpc) is 2.89. The summed E-state index contributed by atoms with van der Waals surface area (Å²) in [5, 5.41) is 0. The zero-order chi connectivity index (χ0) is 17.8. The highest BCUT2D eigenvalue weighted by atomic mass is 16.2. The van der Waals surface area contributed by atoms with E-state index in [1.807, 2.05) is 41.3 Å². The van der Waals surface area contributed by atoms with Gasteiger partial charge < -0.3 is 14.7 Å². The van der Waals surface area contributed by atoms with E-state index in [1.165, 1.54) is 0 Å². The van der Waals surface area contributed by atoms with Gasteiger partial charge in [-0.2, -0.15) is 0 Å². The van der Waals surface area contributed by atoms with Crippen LogP contribution in [0.2, 0.25) is 0 Å². The Kier molecular flexibility index (Phi) is 5.11. The molecule has 6 heteroatoms. The van der Waals surface area contributed by atoms with Crippen LogP contribution >= 0.6 is 0 Å². The number of benzene rings is 1. The zero-order valence-corrected chi connectivity index (χ0v) is 15.0. The maximum absolute atomic E-state index is 12.4. The van der Waals surface area contributed by atoms with E-state index in [1.54, 1.807) is 12.4 Å². The highest BCUT2D eigenvalue weighted by Gasteiger charge is 2.32. The average molecular weight is 351 g/mol. The molecule has 1 aromatic carbocycles. The number of amides is 1. The minimum absolute atomic E-state index is 0.246. The Morgan fingerprint density at radius 2 is 1.77 bits per heavy atom. The second-order valence-electron chi connectivity index (χ2n) is 7.10. The van der Waals surface area contributed by atoms with E-state index in [-0.39, 0.29) is 5.91 Å². The molecule has 26 heavy (non-hydrogen) atoms. The van der Waals surface area contributed by atoms with Crippen molar-refractivity contribution in [3.8, 4) is 0 Å². The molecule has 1 aromatic heterocycles. The first-order chi connectivity index (χ1) is 12.8. The topological polar surface area (TPSA) is 52.6 Å². The van der Waals surface area contributed by atoms with Gasteiger partial charge in [0, 0.05) is 57.2 Å². The molecule has 1 atom stereocenters. The van der Waals surface area contributed by atoms with Crippen molar-refractivity contribution in [2.75, 3.05) is 49.1 Å². The third kappa shape index (κ3) is 3.85. The lowest BCUT2D eigenvalue weighted by molar-refractivity contribution is -0.117. The van der Waals surface area contributed by atoms with Crippen LogP contribution in [0.15, 0.2) is 48.8 Å². The number of rotatable bonds is 4. The SMILES string of the molecule is O=C1C[C@H](CN2CCCN(c3ncccn3)CC2)CN1c1ccccc1. The fourth-order valence-electron chi connectivity index (χ4n) is 3.93. The predicted octanol–water partition coefficient (Wildman–Crippen LogP) is 2.04. The van der Waals surface area contributed by atoms with E-state index in [4.69, 9.17) is 0 Å². The number of carbonyl (C=O) groups excluding carboxylic acids is 1. The van der Waals surface area contributed by atoms with Crippen LogP contribution in [-0.4, -0.2) is 60.0 Å². The Morgan fingerprint density at radius 1 is 0.962 bits per heavy atom. The van der Waals surface area contributed by atoms with Crippen LogP contribution in [0.3, 0.4) is 0 Å². The van der Waals surface area contributed by atoms with Crippen molar-refractivity contribution in [2.45, 2.75) is 12.8 Å². The highest BCUT2D eigenvalue weighted by Crippen LogP contribution is 2.25. The Labute approximate surface area is 154 Å². The molecule has 3 heterocycles. The third-order valence-electron chi connectivity index (χ3n) is 5.21. The van der Waals surface area contributed by atoms with Gasteiger partial charge >= 0.3 is 0 Å². The molecule has 0 unspecified atom stereocenters. The maximum Gasteiger partial charge on any atom is 0.227 e. The summed E-state index contributed by atoms with van der Waals surface area (Å²) in [6, 6.07) is 11.9. The first-order valence-electron chi connectivity index (χ1n) is 9.39. The van der Waals surface area contributed by atoms with Gasteiger partial charge in [0.15, 0.2) is 0 Å². The molecule has 2 aliphatic heterocycles. The van der Waals surface area contributed by atoms with E-state index in [0.29, 0.717) is 12.3 Å². The lowest BCUT2D eigenvalue weighted by Gasteiger charge is -2.24. The van der Waals surface area contributed by atoms with Crippen LogP contribution in [-0.2, 0) is 4.79 Å². The quantitative estimate of drug-likeness (QED) is 0.844. The number of anilines is 2. The second kappa shape index (κ2) is 7.83. The maximum atomic E-state index is 12.4. The summed E-state index contributed by atoms with van der Waals surface area (Å²) >= 11 is 0. The van der Waals surface area contributed by atoms with Gasteiger partial charge in [-0.05, 0) is 37.1 Å². The predicted molar refractivity (Wildman–Crippen MR) is 102 cm³/mol. The summed E-state index contributed by atoms with van der Waals surface area (Å²) < 4.78 is 0. The van der Waals surface area contributed by atoms with Crippen molar-refractivity contribution in [1.29, 1.82) is 0 Å². The standard InChI is InChI=1S/C20H25N5O/c26-19-14-17(16-25(19)18-6-2-1-3-7-18)15-23-10-5-11-24(13-12-23)20-21-8-4-9-22-20/h1-4,6-9,17H,5,10-16H2/t17-/m1/s1. The summed E-state index contributed by atoms with van der Waals surface area (Å²) in [7, 11) is 0. The first kappa shape index (κ1) is 17.0. The van der Waals surface area contributed by atoms with E-state index in [9.17, 15) is 4.79 Å². The van der Waals surface area contributed by atoms with Crippen LogP contribution in [0.4, 0.5) is 11.6 Å². The van der Waals surface area contributed by atoms with Crippen LogP contribution in [0.1, 0.15) is 12.8 Å². The van der Waals surface area contributed by atoms with E-state index < -0.39 is 0 Å². The molecule has 2 fully saturated rings. The van der Waals surface area contributed by atoms with E-state index in [2.05, 4.69) is 19.8 Å². The molecule has 1 amide bonds. The van der Waals surface area contributed by atoms with Crippen LogP contribution in [0.5, 0.6) is 0 Å². The fourth-order valence-corrected chi connectivity index (χ4v) is 3.93. The van der Waals surface area contributed by atoms with Gasteiger partial charge in [0.05, 0.1) is 0 Å². The molecule has 0 spiro atoms. The van der Waals surface area contributed by atoms with Gasteiger partial charge in [0.25, 0.3) is 0 Å². The summed E-state index contributed by atoms with van der Waals surface area (Å²) in [5.41, 5.74) is 1.02. The smallest absolute Gasteiger partial charge is 0.227 e. The van der Waals surface area contributed by atoms with Gasteiger partial charge in [0.1, 0.15) is 0 Å². The number of carbonyl (C=O) groups is 1. The fraction of sp³-hybridized carbons (Fsp3) is 0.450. The number of hydrogen-bond acceptors (Lipinski definition) is 5. The summed E-state index contributed by atoms with van der Waals surface area (Å²) in [5.74, 6) is 1.47. The second-order valence-corrected chi connectivity index (χ2v) is 7.10. The minimum Gasteiger partial charge on any atom is -0.339 e. The molecular weight excluding hydrogens is 326 g/mol. The Bertz CT molecular complexity index is 723. The van der Waals surface area contributed by atoms with Crippen molar-refractivity contribution in [3.63, 3.8) is 0 Å². The molecule has 6 nitrogen and oxygen atoms in total. The van der Waals surface area contributed by atoms with Gasteiger partial charge in [-0.3, -0.25) is 4.79 Å². The molecule has 2 saturated heterocycles. The molecule has 0 bridgehead atoms. The molecule has 0 aliphatic carbocycles. The molecule has 0 saturated carbocycles. The van der Waals surface area contributed by atoms with Gasteiger partial charge in [-0.25, -0.2) is 9.97 Å².